The van der Waals surface area contributed by atoms with Gasteiger partial charge in [-0.05, 0) is 30.0 Å². The van der Waals surface area contributed by atoms with E-state index in [2.05, 4.69) is 0 Å². The molecule has 8 heteroatoms. The SMILES string of the molecule is CN(CC[C@H](Oc1cccc(N2CCCC(=O)CC2=O)c1)c1cccs1)C(=O)O. The van der Waals surface area contributed by atoms with Gasteiger partial charge in [0.15, 0.2) is 0 Å². The Bertz CT molecular complexity index is 868. The van der Waals surface area contributed by atoms with Gasteiger partial charge in [-0.2, -0.15) is 0 Å². The minimum atomic E-state index is -0.980. The van der Waals surface area contributed by atoms with Gasteiger partial charge in [0.25, 0.3) is 0 Å². The molecule has 1 aliphatic rings. The van der Waals surface area contributed by atoms with Crippen molar-refractivity contribution < 1.29 is 24.2 Å². The number of ether oxygens (including phenoxy) is 1. The molecule has 2 aromatic rings. The van der Waals surface area contributed by atoms with E-state index < -0.39 is 6.09 Å². The maximum absolute atomic E-state index is 12.4. The number of thiophene rings is 1. The molecule has 7 nitrogen and oxygen atoms in total. The summed E-state index contributed by atoms with van der Waals surface area (Å²) < 4.78 is 6.19. The highest BCUT2D eigenvalue weighted by Crippen LogP contribution is 2.31. The predicted molar refractivity (Wildman–Crippen MR) is 111 cm³/mol. The second kappa shape index (κ2) is 9.56. The lowest BCUT2D eigenvalue weighted by Gasteiger charge is -2.23. The van der Waals surface area contributed by atoms with Crippen molar-refractivity contribution in [3.63, 3.8) is 0 Å². The smallest absolute Gasteiger partial charge is 0.407 e. The maximum atomic E-state index is 12.4. The lowest BCUT2D eigenvalue weighted by molar-refractivity contribution is -0.125. The van der Waals surface area contributed by atoms with Crippen LogP contribution in [0.15, 0.2) is 41.8 Å². The van der Waals surface area contributed by atoms with Crippen molar-refractivity contribution in [1.82, 2.24) is 4.90 Å². The van der Waals surface area contributed by atoms with Crippen LogP contribution in [0.5, 0.6) is 5.75 Å². The number of hydrogen-bond donors (Lipinski definition) is 1. The van der Waals surface area contributed by atoms with Crippen LogP contribution in [-0.4, -0.2) is 47.9 Å². The largest absolute Gasteiger partial charge is 0.485 e. The molecule has 1 aromatic carbocycles. The summed E-state index contributed by atoms with van der Waals surface area (Å²) in [6, 6.07) is 11.2. The normalized spacial score (nSPS) is 15.7. The average Bonchev–Trinajstić information content (AvgIpc) is 3.17. The Morgan fingerprint density at radius 3 is 2.86 bits per heavy atom. The summed E-state index contributed by atoms with van der Waals surface area (Å²) >= 11 is 1.55. The number of benzene rings is 1. The molecule has 3 rings (SSSR count). The van der Waals surface area contributed by atoms with Crippen molar-refractivity contribution in [1.29, 1.82) is 0 Å². The Morgan fingerprint density at radius 1 is 1.31 bits per heavy atom. The number of carbonyl (C=O) groups excluding carboxylic acids is 2. The lowest BCUT2D eigenvalue weighted by atomic mass is 10.2. The van der Waals surface area contributed by atoms with Gasteiger partial charge in [-0.15, -0.1) is 11.3 Å². The second-order valence-corrected chi connectivity index (χ2v) is 7.96. The molecule has 154 valence electrons. The molecular formula is C21H24N2O5S. The highest BCUT2D eigenvalue weighted by atomic mass is 32.1. The molecule has 2 amide bonds. The molecule has 0 aliphatic carbocycles. The van der Waals surface area contributed by atoms with Crippen LogP contribution in [0.4, 0.5) is 10.5 Å². The van der Waals surface area contributed by atoms with Crippen LogP contribution in [-0.2, 0) is 9.59 Å². The van der Waals surface area contributed by atoms with Gasteiger partial charge in [-0.3, -0.25) is 9.59 Å². The third kappa shape index (κ3) is 5.57. The third-order valence-electron chi connectivity index (χ3n) is 4.81. The zero-order chi connectivity index (χ0) is 20.8. The summed E-state index contributed by atoms with van der Waals surface area (Å²) in [6.07, 6.45) is 0.236. The first-order valence-corrected chi connectivity index (χ1v) is 10.4. The fraction of sp³-hybridized carbons (Fsp3) is 0.381. The van der Waals surface area contributed by atoms with Gasteiger partial charge in [-0.1, -0.05) is 12.1 Å². The van der Waals surface area contributed by atoms with Crippen LogP contribution in [0.25, 0.3) is 0 Å². The number of anilines is 1. The van der Waals surface area contributed by atoms with Crippen molar-refractivity contribution in [2.75, 3.05) is 25.0 Å². The van der Waals surface area contributed by atoms with E-state index in [-0.39, 0.29) is 24.2 Å². The van der Waals surface area contributed by atoms with Crippen LogP contribution in [0.2, 0.25) is 0 Å². The molecule has 2 heterocycles. The van der Waals surface area contributed by atoms with Gasteiger partial charge < -0.3 is 19.6 Å². The first-order chi connectivity index (χ1) is 13.9. The monoisotopic (exact) mass is 416 g/mol. The fourth-order valence-electron chi connectivity index (χ4n) is 3.21. The number of amides is 2. The quantitative estimate of drug-likeness (QED) is 0.691. The van der Waals surface area contributed by atoms with Crippen molar-refractivity contribution in [3.05, 3.63) is 46.7 Å². The summed E-state index contributed by atoms with van der Waals surface area (Å²) in [5.74, 6) is 0.384. The molecule has 0 unspecified atom stereocenters. The molecule has 1 saturated heterocycles. The van der Waals surface area contributed by atoms with Gasteiger partial charge in [-0.25, -0.2) is 4.79 Å². The zero-order valence-corrected chi connectivity index (χ0v) is 17.1. The molecule has 0 radical (unpaired) electrons. The standard InChI is InChI=1S/C21H24N2O5S/c1-22(21(26)27)11-9-18(19-8-4-12-29-19)28-17-7-2-5-15(13-17)23-10-3-6-16(24)14-20(23)25/h2,4-5,7-8,12-13,18H,3,6,9-11,14H2,1H3,(H,26,27)/t18-/m0/s1. The van der Waals surface area contributed by atoms with Crippen LogP contribution >= 0.6 is 11.3 Å². The van der Waals surface area contributed by atoms with E-state index in [1.54, 1.807) is 22.3 Å². The van der Waals surface area contributed by atoms with E-state index in [4.69, 9.17) is 9.84 Å². The molecule has 1 N–H and O–H groups in total. The minimum Gasteiger partial charge on any atom is -0.485 e. The van der Waals surface area contributed by atoms with Gasteiger partial charge in [0.1, 0.15) is 17.6 Å². The highest BCUT2D eigenvalue weighted by Gasteiger charge is 2.23. The van der Waals surface area contributed by atoms with Gasteiger partial charge in [0, 0.05) is 49.6 Å². The lowest BCUT2D eigenvalue weighted by Crippen LogP contribution is -2.30. The number of ketones is 1. The molecule has 1 atom stereocenters. The first-order valence-electron chi connectivity index (χ1n) is 9.50. The van der Waals surface area contributed by atoms with E-state index in [0.29, 0.717) is 43.8 Å². The molecule has 1 aliphatic heterocycles. The van der Waals surface area contributed by atoms with E-state index in [0.717, 1.165) is 4.88 Å². The number of carbonyl (C=O) groups is 3. The topological polar surface area (TPSA) is 87.2 Å². The summed E-state index contributed by atoms with van der Waals surface area (Å²) in [6.45, 7) is 0.843. The Labute approximate surface area is 173 Å². The number of nitrogens with zero attached hydrogens (tertiary/aromatic N) is 2. The van der Waals surface area contributed by atoms with E-state index in [1.165, 1.54) is 11.9 Å². The van der Waals surface area contributed by atoms with Crippen molar-refractivity contribution in [2.24, 2.45) is 0 Å². The van der Waals surface area contributed by atoms with Crippen LogP contribution in [0.1, 0.15) is 36.7 Å². The highest BCUT2D eigenvalue weighted by molar-refractivity contribution is 7.10. The molecule has 0 spiro atoms. The van der Waals surface area contributed by atoms with Crippen molar-refractivity contribution in [3.8, 4) is 5.75 Å². The molecule has 1 fully saturated rings. The molecule has 1 aromatic heterocycles. The fourth-order valence-corrected chi connectivity index (χ4v) is 4.00. The molecule has 0 bridgehead atoms. The van der Waals surface area contributed by atoms with Gasteiger partial charge in [0.2, 0.25) is 5.91 Å². The summed E-state index contributed by atoms with van der Waals surface area (Å²) in [5, 5.41) is 11.0. The number of Topliss-reactive ketones (excluding diaryl/α,β-unsaturated/α-hetero) is 1. The van der Waals surface area contributed by atoms with Crippen LogP contribution in [0, 0.1) is 0 Å². The molecule has 0 saturated carbocycles. The van der Waals surface area contributed by atoms with E-state index >= 15 is 0 Å². The Balaban J connectivity index is 1.76. The van der Waals surface area contributed by atoms with E-state index in [1.807, 2.05) is 35.7 Å². The number of carboxylic acid groups (broad SMARTS) is 1. The second-order valence-electron chi connectivity index (χ2n) is 6.98. The molecule has 29 heavy (non-hydrogen) atoms. The third-order valence-corrected chi connectivity index (χ3v) is 5.77. The summed E-state index contributed by atoms with van der Waals surface area (Å²) in [4.78, 5) is 39.0. The zero-order valence-electron chi connectivity index (χ0n) is 16.2. The van der Waals surface area contributed by atoms with Gasteiger partial charge >= 0.3 is 6.09 Å². The van der Waals surface area contributed by atoms with Gasteiger partial charge in [0.05, 0.1) is 6.42 Å². The molecular weight excluding hydrogens is 392 g/mol. The predicted octanol–water partition coefficient (Wildman–Crippen LogP) is 3.95. The summed E-state index contributed by atoms with van der Waals surface area (Å²) in [5.41, 5.74) is 0.704. The number of rotatable bonds is 7. The minimum absolute atomic E-state index is 0.0229. The first kappa shape index (κ1) is 20.9. The Hall–Kier alpha value is -2.87. The Kier molecular flexibility index (Phi) is 6.87. The number of hydrogen-bond acceptors (Lipinski definition) is 5. The maximum Gasteiger partial charge on any atom is 0.407 e. The van der Waals surface area contributed by atoms with Crippen molar-refractivity contribution in [2.45, 2.75) is 31.8 Å². The summed E-state index contributed by atoms with van der Waals surface area (Å²) in [7, 11) is 1.53. The Morgan fingerprint density at radius 2 is 2.14 bits per heavy atom. The average molecular weight is 416 g/mol. The van der Waals surface area contributed by atoms with E-state index in [9.17, 15) is 14.4 Å². The van der Waals surface area contributed by atoms with Crippen LogP contribution in [0.3, 0.4) is 0 Å². The van der Waals surface area contributed by atoms with Crippen molar-refractivity contribution >= 4 is 34.8 Å². The van der Waals surface area contributed by atoms with Crippen LogP contribution < -0.4 is 9.64 Å².